The fourth-order valence-electron chi connectivity index (χ4n) is 6.63. The Morgan fingerprint density at radius 1 is 0.730 bits per heavy atom. The lowest BCUT2D eigenvalue weighted by Crippen LogP contribution is -2.35. The molecule has 0 N–H and O–H groups in total. The van der Waals surface area contributed by atoms with Crippen molar-refractivity contribution in [3.8, 4) is 0 Å². The Bertz CT molecular complexity index is 893. The standard InChI is InChI=1S/C20H38S.C14H16F2/c1-15-7-9-17(10-8-15)20(5,6)21-18-13-11-16(12-14-18)19(2,3)4;1-9-3-6-11(7-4-9)12-8-5-10(2)13(15)14(12)16/h15-18H,7-14H2,1-6H3;5-6,8-9H,3-4,7H2,1-2H3. The van der Waals surface area contributed by atoms with E-state index in [4.69, 9.17) is 0 Å². The molecule has 1 unspecified atom stereocenters. The lowest BCUT2D eigenvalue weighted by Gasteiger charge is -2.43. The van der Waals surface area contributed by atoms with Crippen LogP contribution >= 0.6 is 11.8 Å². The Labute approximate surface area is 231 Å². The van der Waals surface area contributed by atoms with Crippen LogP contribution in [0.3, 0.4) is 0 Å². The first-order valence-corrected chi connectivity index (χ1v) is 16.0. The van der Waals surface area contributed by atoms with Crippen LogP contribution in [0.2, 0.25) is 0 Å². The van der Waals surface area contributed by atoms with Gasteiger partial charge in [0.2, 0.25) is 0 Å². The molecule has 1 aromatic carbocycles. The fourth-order valence-corrected chi connectivity index (χ4v) is 8.43. The van der Waals surface area contributed by atoms with E-state index in [0.29, 0.717) is 27.2 Å². The molecule has 0 bridgehead atoms. The van der Waals surface area contributed by atoms with Crippen molar-refractivity contribution in [2.45, 2.75) is 136 Å². The Hall–Kier alpha value is -0.830. The van der Waals surface area contributed by atoms with Crippen molar-refractivity contribution in [3.63, 3.8) is 0 Å². The van der Waals surface area contributed by atoms with E-state index in [9.17, 15) is 8.78 Å². The number of rotatable bonds is 4. The highest BCUT2D eigenvalue weighted by molar-refractivity contribution is 8.01. The molecule has 2 saturated carbocycles. The molecule has 0 amide bonds. The van der Waals surface area contributed by atoms with Gasteiger partial charge in [0, 0.05) is 15.6 Å². The molecule has 0 spiro atoms. The zero-order valence-electron chi connectivity index (χ0n) is 25.1. The molecular formula is C34H54F2S. The van der Waals surface area contributed by atoms with Crippen molar-refractivity contribution >= 4 is 17.3 Å². The van der Waals surface area contributed by atoms with E-state index < -0.39 is 11.6 Å². The van der Waals surface area contributed by atoms with Crippen LogP contribution in [0.4, 0.5) is 8.78 Å². The molecule has 0 heterocycles. The first-order chi connectivity index (χ1) is 17.3. The zero-order valence-corrected chi connectivity index (χ0v) is 25.9. The van der Waals surface area contributed by atoms with Crippen LogP contribution in [0, 0.1) is 47.6 Å². The van der Waals surface area contributed by atoms with Gasteiger partial charge >= 0.3 is 0 Å². The lowest BCUT2D eigenvalue weighted by atomic mass is 9.72. The van der Waals surface area contributed by atoms with Crippen LogP contribution in [0.5, 0.6) is 0 Å². The number of allylic oxidation sites excluding steroid dienone is 2. The van der Waals surface area contributed by atoms with E-state index in [1.54, 1.807) is 19.1 Å². The highest BCUT2D eigenvalue weighted by atomic mass is 32.2. The smallest absolute Gasteiger partial charge is 0.166 e. The van der Waals surface area contributed by atoms with Crippen LogP contribution in [0.15, 0.2) is 18.2 Å². The van der Waals surface area contributed by atoms with Gasteiger partial charge in [-0.15, -0.1) is 0 Å². The summed E-state index contributed by atoms with van der Waals surface area (Å²) in [6, 6.07) is 3.34. The van der Waals surface area contributed by atoms with Gasteiger partial charge < -0.3 is 0 Å². The van der Waals surface area contributed by atoms with Gasteiger partial charge in [0.05, 0.1) is 0 Å². The second-order valence-corrected chi connectivity index (χ2v) is 16.1. The van der Waals surface area contributed by atoms with E-state index >= 15 is 0 Å². The first-order valence-electron chi connectivity index (χ1n) is 15.1. The maximum atomic E-state index is 13.7. The molecule has 0 saturated heterocycles. The zero-order chi connectivity index (χ0) is 27.4. The van der Waals surface area contributed by atoms with Gasteiger partial charge in [-0.3, -0.25) is 0 Å². The van der Waals surface area contributed by atoms with Gasteiger partial charge in [0.1, 0.15) is 0 Å². The number of hydrogen-bond donors (Lipinski definition) is 0. The second kappa shape index (κ2) is 13.0. The number of aryl methyl sites for hydroxylation is 1. The largest absolute Gasteiger partial charge is 0.203 e. The molecule has 1 atom stereocenters. The van der Waals surface area contributed by atoms with Gasteiger partial charge in [-0.1, -0.05) is 79.5 Å². The van der Waals surface area contributed by atoms with Gasteiger partial charge in [-0.2, -0.15) is 11.8 Å². The van der Waals surface area contributed by atoms with Gasteiger partial charge in [-0.05, 0) is 105 Å². The summed E-state index contributed by atoms with van der Waals surface area (Å²) in [6.45, 7) is 18.6. The molecule has 210 valence electrons. The quantitative estimate of drug-likeness (QED) is 0.371. The van der Waals surface area contributed by atoms with Crippen LogP contribution in [0.25, 0.3) is 5.57 Å². The summed E-state index contributed by atoms with van der Waals surface area (Å²) < 4.78 is 27.6. The molecule has 3 heteroatoms. The number of thioether (sulfide) groups is 1. The highest BCUT2D eigenvalue weighted by Crippen LogP contribution is 2.48. The van der Waals surface area contributed by atoms with Crippen molar-refractivity contribution in [2.75, 3.05) is 0 Å². The molecule has 37 heavy (non-hydrogen) atoms. The monoisotopic (exact) mass is 532 g/mol. The van der Waals surface area contributed by atoms with Gasteiger partial charge in [0.25, 0.3) is 0 Å². The van der Waals surface area contributed by atoms with Crippen molar-refractivity contribution in [1.29, 1.82) is 0 Å². The number of hydrogen-bond acceptors (Lipinski definition) is 1. The number of halogens is 2. The molecule has 3 aliphatic rings. The molecule has 1 aromatic rings. The average molecular weight is 533 g/mol. The minimum absolute atomic E-state index is 0.367. The van der Waals surface area contributed by atoms with Crippen molar-refractivity contribution in [1.82, 2.24) is 0 Å². The number of benzene rings is 1. The average Bonchev–Trinajstić information content (AvgIpc) is 2.84. The van der Waals surface area contributed by atoms with Crippen molar-refractivity contribution in [3.05, 3.63) is 41.0 Å². The van der Waals surface area contributed by atoms with Crippen molar-refractivity contribution < 1.29 is 8.78 Å². The molecule has 0 radical (unpaired) electrons. The normalized spacial score (nSPS) is 29.2. The molecule has 0 nitrogen and oxygen atoms in total. The maximum Gasteiger partial charge on any atom is 0.166 e. The third kappa shape index (κ3) is 8.58. The SMILES string of the molecule is CC1CCC(C(C)(C)SC2CCC(C(C)(C)C)CC2)CC1.Cc1ccc(C2=CCC(C)CC2)c(F)c1F. The molecule has 3 aliphatic carbocycles. The molecule has 2 fully saturated rings. The van der Waals surface area contributed by atoms with E-state index in [0.717, 1.165) is 47.8 Å². The Balaban J connectivity index is 0.000000213. The molecule has 4 rings (SSSR count). The predicted molar refractivity (Wildman–Crippen MR) is 160 cm³/mol. The predicted octanol–water partition coefficient (Wildman–Crippen LogP) is 11.4. The van der Waals surface area contributed by atoms with Crippen molar-refractivity contribution in [2.24, 2.45) is 29.1 Å². The van der Waals surface area contributed by atoms with E-state index in [1.165, 1.54) is 51.4 Å². The summed E-state index contributed by atoms with van der Waals surface area (Å²) in [7, 11) is 0. The third-order valence-corrected chi connectivity index (χ3v) is 11.4. The summed E-state index contributed by atoms with van der Waals surface area (Å²) in [5, 5.41) is 0.929. The minimum Gasteiger partial charge on any atom is -0.203 e. The lowest BCUT2D eigenvalue weighted by molar-refractivity contribution is 0.181. The Morgan fingerprint density at radius 2 is 1.32 bits per heavy atom. The summed E-state index contributed by atoms with van der Waals surface area (Å²) >= 11 is 2.34. The fraction of sp³-hybridized carbons (Fsp3) is 0.765. The molecule has 0 aromatic heterocycles. The summed E-state index contributed by atoms with van der Waals surface area (Å²) in [5.41, 5.74) is 2.28. The van der Waals surface area contributed by atoms with Crippen LogP contribution in [0.1, 0.15) is 130 Å². The van der Waals surface area contributed by atoms with Crippen LogP contribution < -0.4 is 0 Å². The van der Waals surface area contributed by atoms with Crippen LogP contribution in [-0.4, -0.2) is 10.00 Å². The minimum atomic E-state index is -0.711. The Kier molecular flexibility index (Phi) is 10.8. The Morgan fingerprint density at radius 3 is 1.86 bits per heavy atom. The highest BCUT2D eigenvalue weighted by Gasteiger charge is 2.37. The molecule has 0 aliphatic heterocycles. The van der Waals surface area contributed by atoms with Gasteiger partial charge in [-0.25, -0.2) is 8.78 Å². The maximum absolute atomic E-state index is 13.7. The molecular weight excluding hydrogens is 478 g/mol. The van der Waals surface area contributed by atoms with E-state index in [-0.39, 0.29) is 0 Å². The summed E-state index contributed by atoms with van der Waals surface area (Å²) in [4.78, 5) is 0. The third-order valence-electron chi connectivity index (χ3n) is 9.66. The van der Waals surface area contributed by atoms with E-state index in [2.05, 4.69) is 60.2 Å². The van der Waals surface area contributed by atoms with Crippen LogP contribution in [-0.2, 0) is 0 Å². The second-order valence-electron chi connectivity index (χ2n) is 14.2. The first kappa shape index (κ1) is 30.7. The topological polar surface area (TPSA) is 0 Å². The van der Waals surface area contributed by atoms with E-state index in [1.807, 2.05) is 6.08 Å². The summed E-state index contributed by atoms with van der Waals surface area (Å²) in [6.07, 6.45) is 16.6. The van der Waals surface area contributed by atoms with Gasteiger partial charge in [0.15, 0.2) is 11.6 Å². The summed E-state index contributed by atoms with van der Waals surface area (Å²) in [5.74, 6) is 2.14.